The summed E-state index contributed by atoms with van der Waals surface area (Å²) in [5.41, 5.74) is 0.643. The van der Waals surface area contributed by atoms with E-state index in [-0.39, 0.29) is 10.5 Å². The largest absolute Gasteiger partial charge is 0.465 e. The van der Waals surface area contributed by atoms with Crippen molar-refractivity contribution in [3.8, 4) is 0 Å². The summed E-state index contributed by atoms with van der Waals surface area (Å²) in [6, 6.07) is 12.7. The van der Waals surface area contributed by atoms with Crippen molar-refractivity contribution in [3.63, 3.8) is 0 Å². The Labute approximate surface area is 133 Å². The molecule has 116 valence electrons. The van der Waals surface area contributed by atoms with Crippen molar-refractivity contribution >= 4 is 33.4 Å². The van der Waals surface area contributed by atoms with Gasteiger partial charge in [0.2, 0.25) is 0 Å². The first kappa shape index (κ1) is 16.4. The number of methoxy groups -OCH3 is 1. The van der Waals surface area contributed by atoms with E-state index in [0.29, 0.717) is 5.69 Å². The lowest BCUT2D eigenvalue weighted by molar-refractivity contribution is 0.0600. The van der Waals surface area contributed by atoms with Crippen molar-refractivity contribution in [1.82, 2.24) is 0 Å². The van der Waals surface area contributed by atoms with Gasteiger partial charge in [-0.05, 0) is 48.7 Å². The molecular formula is C15H15NO4S2. The molecule has 2 aromatic rings. The van der Waals surface area contributed by atoms with E-state index in [2.05, 4.69) is 9.46 Å². The summed E-state index contributed by atoms with van der Waals surface area (Å²) in [7, 11) is -2.52. The highest BCUT2D eigenvalue weighted by atomic mass is 32.2. The Morgan fingerprint density at radius 2 is 1.82 bits per heavy atom. The number of hydrogen-bond acceptors (Lipinski definition) is 5. The van der Waals surface area contributed by atoms with Crippen molar-refractivity contribution in [3.05, 3.63) is 54.1 Å². The maximum atomic E-state index is 12.4. The quantitative estimate of drug-likeness (QED) is 0.671. The molecule has 0 aliphatic rings. The van der Waals surface area contributed by atoms with Crippen LogP contribution in [0, 0.1) is 0 Å². The van der Waals surface area contributed by atoms with Gasteiger partial charge in [0.15, 0.2) is 0 Å². The summed E-state index contributed by atoms with van der Waals surface area (Å²) in [6.07, 6.45) is 1.94. The van der Waals surface area contributed by atoms with Gasteiger partial charge < -0.3 is 4.74 Å². The van der Waals surface area contributed by atoms with E-state index in [1.165, 1.54) is 31.4 Å². The smallest absolute Gasteiger partial charge is 0.337 e. The summed E-state index contributed by atoms with van der Waals surface area (Å²) >= 11 is 1.57. The van der Waals surface area contributed by atoms with Crippen LogP contribution in [0.5, 0.6) is 0 Å². The van der Waals surface area contributed by atoms with E-state index in [9.17, 15) is 13.2 Å². The highest BCUT2D eigenvalue weighted by Gasteiger charge is 2.16. The normalized spacial score (nSPS) is 11.0. The summed E-state index contributed by atoms with van der Waals surface area (Å²) in [5.74, 6) is -0.582. The average Bonchev–Trinajstić information content (AvgIpc) is 2.54. The van der Waals surface area contributed by atoms with Crippen LogP contribution in [0.3, 0.4) is 0 Å². The molecule has 0 spiro atoms. The second-order valence-electron chi connectivity index (χ2n) is 4.35. The summed E-state index contributed by atoms with van der Waals surface area (Å²) < 4.78 is 31.8. The second-order valence-corrected chi connectivity index (χ2v) is 6.92. The third kappa shape index (κ3) is 3.80. The Hall–Kier alpha value is -1.99. The van der Waals surface area contributed by atoms with Gasteiger partial charge in [-0.3, -0.25) is 4.72 Å². The van der Waals surface area contributed by atoms with Crippen LogP contribution in [0.2, 0.25) is 0 Å². The third-order valence-corrected chi connectivity index (χ3v) is 5.03. The number of thioether (sulfide) groups is 1. The van der Waals surface area contributed by atoms with Crippen LogP contribution < -0.4 is 4.72 Å². The van der Waals surface area contributed by atoms with Crippen molar-refractivity contribution in [1.29, 1.82) is 0 Å². The molecule has 2 aromatic carbocycles. The van der Waals surface area contributed by atoms with E-state index < -0.39 is 16.0 Å². The first-order valence-electron chi connectivity index (χ1n) is 6.31. The Kier molecular flexibility index (Phi) is 5.10. The minimum atomic E-state index is -3.76. The van der Waals surface area contributed by atoms with Crippen molar-refractivity contribution in [2.24, 2.45) is 0 Å². The number of carbonyl (C=O) groups excluding carboxylic acids is 1. The number of nitrogens with one attached hydrogen (secondary N) is 1. The van der Waals surface area contributed by atoms with Gasteiger partial charge in [-0.2, -0.15) is 0 Å². The Balaban J connectivity index is 2.27. The lowest BCUT2D eigenvalue weighted by atomic mass is 10.2. The zero-order chi connectivity index (χ0) is 16.2. The number of hydrogen-bond donors (Lipinski definition) is 1. The predicted octanol–water partition coefficient (Wildman–Crippen LogP) is 3.00. The van der Waals surface area contributed by atoms with Crippen LogP contribution in [0.15, 0.2) is 58.3 Å². The maximum absolute atomic E-state index is 12.4. The van der Waals surface area contributed by atoms with Gasteiger partial charge in [-0.1, -0.05) is 6.07 Å². The zero-order valence-electron chi connectivity index (χ0n) is 12.1. The molecule has 0 unspecified atom stereocenters. The van der Waals surface area contributed by atoms with E-state index in [4.69, 9.17) is 0 Å². The molecule has 0 saturated heterocycles. The van der Waals surface area contributed by atoms with E-state index in [1.54, 1.807) is 23.9 Å². The maximum Gasteiger partial charge on any atom is 0.337 e. The lowest BCUT2D eigenvalue weighted by Gasteiger charge is -2.09. The van der Waals surface area contributed by atoms with Gasteiger partial charge in [0.1, 0.15) is 0 Å². The van der Waals surface area contributed by atoms with Crippen LogP contribution in [-0.4, -0.2) is 27.8 Å². The number of esters is 1. The van der Waals surface area contributed by atoms with Crippen molar-refractivity contribution < 1.29 is 17.9 Å². The first-order chi connectivity index (χ1) is 10.5. The fourth-order valence-corrected chi connectivity index (χ4v) is 3.29. The Bertz CT molecular complexity index is 770. The number of ether oxygens (including phenoxy) is 1. The molecule has 22 heavy (non-hydrogen) atoms. The topological polar surface area (TPSA) is 72.5 Å². The van der Waals surface area contributed by atoms with Crippen molar-refractivity contribution in [2.45, 2.75) is 9.79 Å². The zero-order valence-corrected chi connectivity index (χ0v) is 13.7. The van der Waals surface area contributed by atoms with Gasteiger partial charge in [0.25, 0.3) is 10.0 Å². The highest BCUT2D eigenvalue weighted by molar-refractivity contribution is 7.98. The molecule has 0 amide bonds. The van der Waals surface area contributed by atoms with Crippen molar-refractivity contribution in [2.75, 3.05) is 18.1 Å². The number of benzene rings is 2. The molecule has 0 fully saturated rings. The van der Waals surface area contributed by atoms with Crippen LogP contribution in [-0.2, 0) is 14.8 Å². The monoisotopic (exact) mass is 337 g/mol. The van der Waals surface area contributed by atoms with Crippen LogP contribution >= 0.6 is 11.8 Å². The number of carbonyl (C=O) groups is 1. The molecule has 7 heteroatoms. The van der Waals surface area contributed by atoms with E-state index in [0.717, 1.165) is 4.90 Å². The van der Waals surface area contributed by atoms with Gasteiger partial charge in [0, 0.05) is 10.6 Å². The second kappa shape index (κ2) is 6.85. The fraction of sp³-hybridized carbons (Fsp3) is 0.133. The molecular weight excluding hydrogens is 322 g/mol. The van der Waals surface area contributed by atoms with Crippen LogP contribution in [0.4, 0.5) is 5.69 Å². The van der Waals surface area contributed by atoms with E-state index >= 15 is 0 Å². The van der Waals surface area contributed by atoms with Gasteiger partial charge in [0.05, 0.1) is 17.6 Å². The van der Waals surface area contributed by atoms with Gasteiger partial charge in [-0.15, -0.1) is 11.8 Å². The Morgan fingerprint density at radius 3 is 2.41 bits per heavy atom. The third-order valence-electron chi connectivity index (χ3n) is 2.91. The number of rotatable bonds is 5. The number of sulfonamides is 1. The summed E-state index contributed by atoms with van der Waals surface area (Å²) in [5, 5.41) is 0. The molecule has 0 bridgehead atoms. The molecule has 5 nitrogen and oxygen atoms in total. The minimum absolute atomic E-state index is 0.00402. The van der Waals surface area contributed by atoms with Gasteiger partial charge in [-0.25, -0.2) is 13.2 Å². The molecule has 0 aliphatic carbocycles. The molecule has 0 saturated carbocycles. The summed E-state index contributed by atoms with van der Waals surface area (Å²) in [4.78, 5) is 12.5. The molecule has 0 aliphatic heterocycles. The number of anilines is 1. The Morgan fingerprint density at radius 1 is 1.14 bits per heavy atom. The van der Waals surface area contributed by atoms with Crippen LogP contribution in [0.25, 0.3) is 0 Å². The first-order valence-corrected chi connectivity index (χ1v) is 9.02. The predicted molar refractivity (Wildman–Crippen MR) is 86.8 cm³/mol. The molecule has 0 aromatic heterocycles. The lowest BCUT2D eigenvalue weighted by Crippen LogP contribution is -2.14. The van der Waals surface area contributed by atoms with Crippen LogP contribution in [0.1, 0.15) is 10.4 Å². The molecule has 0 atom stereocenters. The molecule has 2 rings (SSSR count). The summed E-state index contributed by atoms with van der Waals surface area (Å²) in [6.45, 7) is 0. The van der Waals surface area contributed by atoms with Gasteiger partial charge >= 0.3 is 5.97 Å². The average molecular weight is 337 g/mol. The standard InChI is InChI=1S/C15H15NO4S2/c1-20-15(17)11-4-3-5-14(10-11)22(18,19)16-12-6-8-13(21-2)9-7-12/h3-10,16H,1-2H3. The minimum Gasteiger partial charge on any atom is -0.465 e. The molecule has 0 radical (unpaired) electrons. The SMILES string of the molecule is COC(=O)c1cccc(S(=O)(=O)Nc2ccc(SC)cc2)c1. The fourth-order valence-electron chi connectivity index (χ4n) is 1.78. The molecule has 0 heterocycles. The van der Waals surface area contributed by atoms with E-state index in [1.807, 2.05) is 18.4 Å². The highest BCUT2D eigenvalue weighted by Crippen LogP contribution is 2.21. The molecule has 1 N–H and O–H groups in total.